The highest BCUT2D eigenvalue weighted by molar-refractivity contribution is 5.60. The first-order chi connectivity index (χ1) is 9.51. The number of anilines is 2. The molecule has 2 aromatic heterocycles. The van der Waals surface area contributed by atoms with Gasteiger partial charge in [0, 0.05) is 6.42 Å². The molecule has 2 rings (SSSR count). The van der Waals surface area contributed by atoms with Gasteiger partial charge in [-0.2, -0.15) is 4.98 Å². The van der Waals surface area contributed by atoms with Crippen LogP contribution in [0.1, 0.15) is 24.3 Å². The first-order valence-electron chi connectivity index (χ1n) is 5.97. The maximum absolute atomic E-state index is 11.0. The third-order valence-electron chi connectivity index (χ3n) is 2.62. The Kier molecular flexibility index (Phi) is 3.78. The molecule has 0 saturated heterocycles. The zero-order valence-corrected chi connectivity index (χ0v) is 11.1. The Bertz CT molecular complexity index is 639. The fourth-order valence-corrected chi connectivity index (χ4v) is 1.68. The van der Waals surface area contributed by atoms with Gasteiger partial charge in [-0.3, -0.25) is 10.1 Å². The number of aromatic nitrogens is 3. The lowest BCUT2D eigenvalue weighted by molar-refractivity contribution is -0.385. The summed E-state index contributed by atoms with van der Waals surface area (Å²) < 4.78 is 5.40. The summed E-state index contributed by atoms with van der Waals surface area (Å²) in [5.41, 5.74) is 5.49. The number of nitro groups is 1. The van der Waals surface area contributed by atoms with Crippen molar-refractivity contribution in [2.45, 2.75) is 26.8 Å². The van der Waals surface area contributed by atoms with Crippen LogP contribution in [-0.2, 0) is 13.0 Å². The summed E-state index contributed by atoms with van der Waals surface area (Å²) in [6.45, 7) is 3.62. The molecule has 0 aliphatic rings. The maximum Gasteiger partial charge on any atom is 0.332 e. The average molecular weight is 278 g/mol. The van der Waals surface area contributed by atoms with Gasteiger partial charge in [0.15, 0.2) is 0 Å². The summed E-state index contributed by atoms with van der Waals surface area (Å²) in [5.74, 6) is 1.19. The molecule has 9 heteroatoms. The normalized spacial score (nSPS) is 10.5. The molecule has 20 heavy (non-hydrogen) atoms. The van der Waals surface area contributed by atoms with E-state index in [-0.39, 0.29) is 29.7 Å². The van der Waals surface area contributed by atoms with Crippen LogP contribution in [0.15, 0.2) is 10.6 Å². The van der Waals surface area contributed by atoms with E-state index in [1.807, 2.05) is 6.92 Å². The van der Waals surface area contributed by atoms with E-state index in [2.05, 4.69) is 20.3 Å². The quantitative estimate of drug-likeness (QED) is 0.619. The Morgan fingerprint density at radius 1 is 1.50 bits per heavy atom. The summed E-state index contributed by atoms with van der Waals surface area (Å²) >= 11 is 0. The van der Waals surface area contributed by atoms with Crippen molar-refractivity contribution in [2.75, 3.05) is 11.1 Å². The van der Waals surface area contributed by atoms with E-state index in [1.54, 1.807) is 6.20 Å². The fourth-order valence-electron chi connectivity index (χ4n) is 1.68. The van der Waals surface area contributed by atoms with Gasteiger partial charge in [0.25, 0.3) is 0 Å². The second-order valence-electron chi connectivity index (χ2n) is 4.05. The van der Waals surface area contributed by atoms with Gasteiger partial charge >= 0.3 is 5.69 Å². The molecule has 0 bridgehead atoms. The van der Waals surface area contributed by atoms with Crippen LogP contribution in [0.5, 0.6) is 0 Å². The highest BCUT2D eigenvalue weighted by Gasteiger charge is 2.21. The van der Waals surface area contributed by atoms with Gasteiger partial charge in [-0.15, -0.1) is 0 Å². The predicted molar refractivity (Wildman–Crippen MR) is 71.0 cm³/mol. The molecule has 0 fully saturated rings. The number of hydrogen-bond acceptors (Lipinski definition) is 8. The van der Waals surface area contributed by atoms with E-state index in [0.717, 1.165) is 12.2 Å². The highest BCUT2D eigenvalue weighted by Crippen LogP contribution is 2.26. The van der Waals surface area contributed by atoms with Gasteiger partial charge in [-0.05, 0) is 6.92 Å². The largest absolute Gasteiger partial charge is 0.444 e. The van der Waals surface area contributed by atoms with Crippen molar-refractivity contribution in [3.8, 4) is 0 Å². The topological polar surface area (TPSA) is 133 Å². The average Bonchev–Trinajstić information content (AvgIpc) is 2.82. The molecule has 0 aliphatic carbocycles. The van der Waals surface area contributed by atoms with E-state index in [4.69, 9.17) is 10.2 Å². The maximum atomic E-state index is 11.0. The molecule has 106 valence electrons. The van der Waals surface area contributed by atoms with Gasteiger partial charge < -0.3 is 15.5 Å². The van der Waals surface area contributed by atoms with Crippen molar-refractivity contribution in [2.24, 2.45) is 0 Å². The number of oxazole rings is 1. The van der Waals surface area contributed by atoms with Crippen LogP contribution < -0.4 is 11.1 Å². The standard InChI is InChI=1S/C11H14N6O3/c1-3-7-4-13-8(20-7)5-14-10-9(17(18)19)6(2)15-11(12)16-10/h4H,3,5H2,1-2H3,(H3,12,14,15,16). The van der Waals surface area contributed by atoms with Crippen LogP contribution in [0, 0.1) is 17.0 Å². The Hall–Kier alpha value is -2.71. The molecule has 3 N–H and O–H groups in total. The smallest absolute Gasteiger partial charge is 0.332 e. The Labute approximate surface area is 114 Å². The molecular weight excluding hydrogens is 264 g/mol. The lowest BCUT2D eigenvalue weighted by Gasteiger charge is -2.06. The fraction of sp³-hybridized carbons (Fsp3) is 0.364. The Morgan fingerprint density at radius 3 is 2.85 bits per heavy atom. The number of nitrogen functional groups attached to an aromatic ring is 1. The van der Waals surface area contributed by atoms with Crippen LogP contribution in [0.3, 0.4) is 0 Å². The third-order valence-corrected chi connectivity index (χ3v) is 2.62. The van der Waals surface area contributed by atoms with E-state index >= 15 is 0 Å². The van der Waals surface area contributed by atoms with E-state index < -0.39 is 4.92 Å². The van der Waals surface area contributed by atoms with E-state index in [9.17, 15) is 10.1 Å². The SMILES string of the molecule is CCc1cnc(CNc2nc(N)nc(C)c2[N+](=O)[O-])o1. The second kappa shape index (κ2) is 5.51. The molecule has 0 saturated carbocycles. The lowest BCUT2D eigenvalue weighted by Crippen LogP contribution is -2.09. The van der Waals surface area contributed by atoms with Gasteiger partial charge in [-0.25, -0.2) is 9.97 Å². The minimum atomic E-state index is -0.551. The van der Waals surface area contributed by atoms with Gasteiger partial charge in [0.2, 0.25) is 17.7 Å². The molecule has 0 aromatic carbocycles. The third kappa shape index (κ3) is 2.82. The van der Waals surface area contributed by atoms with Crippen LogP contribution in [0.4, 0.5) is 17.5 Å². The Morgan fingerprint density at radius 2 is 2.25 bits per heavy atom. The first-order valence-corrected chi connectivity index (χ1v) is 5.97. The summed E-state index contributed by atoms with van der Waals surface area (Å²) in [6.07, 6.45) is 2.34. The number of nitrogens with one attached hydrogen (secondary N) is 1. The minimum Gasteiger partial charge on any atom is -0.444 e. The predicted octanol–water partition coefficient (Wildman–Crippen LogP) is 1.44. The molecule has 2 aromatic rings. The van der Waals surface area contributed by atoms with E-state index in [1.165, 1.54) is 6.92 Å². The van der Waals surface area contributed by atoms with Crippen molar-refractivity contribution in [1.29, 1.82) is 0 Å². The van der Waals surface area contributed by atoms with Gasteiger partial charge in [-0.1, -0.05) is 6.92 Å². The summed E-state index contributed by atoms with van der Waals surface area (Å²) in [7, 11) is 0. The van der Waals surface area contributed by atoms with Crippen molar-refractivity contribution in [1.82, 2.24) is 15.0 Å². The number of hydrogen-bond donors (Lipinski definition) is 2. The molecule has 0 unspecified atom stereocenters. The molecule has 9 nitrogen and oxygen atoms in total. The Balaban J connectivity index is 2.22. The molecular formula is C11H14N6O3. The second-order valence-corrected chi connectivity index (χ2v) is 4.05. The number of rotatable bonds is 5. The van der Waals surface area contributed by atoms with Crippen LogP contribution in [0.2, 0.25) is 0 Å². The van der Waals surface area contributed by atoms with Gasteiger partial charge in [0.1, 0.15) is 11.5 Å². The monoisotopic (exact) mass is 278 g/mol. The molecule has 0 amide bonds. The number of aryl methyl sites for hydroxylation is 2. The minimum absolute atomic E-state index is 0.0303. The zero-order valence-electron chi connectivity index (χ0n) is 11.1. The number of nitrogens with two attached hydrogens (primary N) is 1. The van der Waals surface area contributed by atoms with Gasteiger partial charge in [0.05, 0.1) is 17.7 Å². The van der Waals surface area contributed by atoms with Crippen molar-refractivity contribution in [3.63, 3.8) is 0 Å². The van der Waals surface area contributed by atoms with Crippen LogP contribution >= 0.6 is 0 Å². The molecule has 0 radical (unpaired) electrons. The lowest BCUT2D eigenvalue weighted by atomic mass is 10.3. The van der Waals surface area contributed by atoms with Crippen molar-refractivity contribution in [3.05, 3.63) is 33.7 Å². The molecule has 0 aliphatic heterocycles. The summed E-state index contributed by atoms with van der Waals surface area (Å²) in [5, 5.41) is 13.8. The summed E-state index contributed by atoms with van der Waals surface area (Å²) in [6, 6.07) is 0. The highest BCUT2D eigenvalue weighted by atomic mass is 16.6. The summed E-state index contributed by atoms with van der Waals surface area (Å²) in [4.78, 5) is 22.1. The first kappa shape index (κ1) is 13.7. The molecule has 2 heterocycles. The van der Waals surface area contributed by atoms with Crippen LogP contribution in [-0.4, -0.2) is 19.9 Å². The van der Waals surface area contributed by atoms with Crippen LogP contribution in [0.25, 0.3) is 0 Å². The van der Waals surface area contributed by atoms with Crippen molar-refractivity contribution >= 4 is 17.5 Å². The zero-order chi connectivity index (χ0) is 14.7. The van der Waals surface area contributed by atoms with Crippen molar-refractivity contribution < 1.29 is 9.34 Å². The molecule has 0 spiro atoms. The number of nitrogens with zero attached hydrogens (tertiary/aromatic N) is 4. The molecule has 0 atom stereocenters. The van der Waals surface area contributed by atoms with E-state index in [0.29, 0.717) is 5.89 Å².